The van der Waals surface area contributed by atoms with Crippen LogP contribution in [0.1, 0.15) is 31.9 Å². The molecule has 1 nitrogen and oxygen atoms in total. The van der Waals surface area contributed by atoms with Gasteiger partial charge >= 0.3 is 6.61 Å². The maximum absolute atomic E-state index is 12.1. The van der Waals surface area contributed by atoms with E-state index >= 15 is 0 Å². The Hall–Kier alpha value is -1.12. The topological polar surface area (TPSA) is 9.23 Å². The van der Waals surface area contributed by atoms with Crippen molar-refractivity contribution in [2.24, 2.45) is 5.92 Å². The molecule has 0 spiro atoms. The van der Waals surface area contributed by atoms with Crippen molar-refractivity contribution in [3.63, 3.8) is 0 Å². The van der Waals surface area contributed by atoms with E-state index in [1.54, 1.807) is 12.1 Å². The monoisotopic (exact) mass is 228 g/mol. The second-order valence-corrected chi connectivity index (χ2v) is 3.79. The number of halogens is 2. The van der Waals surface area contributed by atoms with Gasteiger partial charge in [-0.15, -0.1) is 0 Å². The Balaban J connectivity index is 0.000000606. The molecule has 2 rings (SSSR count). The summed E-state index contributed by atoms with van der Waals surface area (Å²) >= 11 is 0. The number of benzene rings is 1. The Bertz CT molecular complexity index is 337. The quantitative estimate of drug-likeness (QED) is 0.742. The fraction of sp³-hybridized carbons (Fsp3) is 0.538. The van der Waals surface area contributed by atoms with Gasteiger partial charge in [0.25, 0.3) is 0 Å². The van der Waals surface area contributed by atoms with Gasteiger partial charge in [-0.2, -0.15) is 8.78 Å². The van der Waals surface area contributed by atoms with Gasteiger partial charge in [-0.3, -0.25) is 0 Å². The first-order valence-corrected chi connectivity index (χ1v) is 5.72. The minimum atomic E-state index is -2.72. The lowest BCUT2D eigenvalue weighted by Crippen LogP contribution is -2.04. The van der Waals surface area contributed by atoms with Crippen LogP contribution in [0.2, 0.25) is 0 Å². The first-order chi connectivity index (χ1) is 7.66. The molecule has 0 fully saturated rings. The van der Waals surface area contributed by atoms with Crippen molar-refractivity contribution in [3.05, 3.63) is 29.3 Å². The first-order valence-electron chi connectivity index (χ1n) is 5.72. The summed E-state index contributed by atoms with van der Waals surface area (Å²) in [5.74, 6) is 0.884. The highest BCUT2D eigenvalue weighted by Crippen LogP contribution is 2.34. The molecule has 0 amide bonds. The van der Waals surface area contributed by atoms with Gasteiger partial charge in [-0.1, -0.05) is 32.9 Å². The van der Waals surface area contributed by atoms with E-state index in [0.717, 1.165) is 24.0 Å². The molecule has 1 aromatic carbocycles. The lowest BCUT2D eigenvalue weighted by atomic mass is 10.1. The third kappa shape index (κ3) is 2.94. The molecule has 1 atom stereocenters. The Morgan fingerprint density at radius 1 is 1.25 bits per heavy atom. The van der Waals surface area contributed by atoms with E-state index in [1.807, 2.05) is 19.9 Å². The van der Waals surface area contributed by atoms with Crippen molar-refractivity contribution >= 4 is 0 Å². The number of alkyl halides is 2. The molecule has 1 unspecified atom stereocenters. The summed E-state index contributed by atoms with van der Waals surface area (Å²) in [4.78, 5) is 0. The molecule has 0 aliphatic heterocycles. The number of fused-ring (bicyclic) bond motifs is 1. The predicted octanol–water partition coefficient (Wildman–Crippen LogP) is 4.05. The molecule has 1 aliphatic rings. The molecule has 1 aromatic rings. The van der Waals surface area contributed by atoms with Gasteiger partial charge in [0.2, 0.25) is 0 Å². The minimum absolute atomic E-state index is 0.349. The summed E-state index contributed by atoms with van der Waals surface area (Å²) in [6, 6.07) is 5.37. The van der Waals surface area contributed by atoms with Crippen molar-refractivity contribution in [2.45, 2.75) is 40.2 Å². The Morgan fingerprint density at radius 2 is 1.94 bits per heavy atom. The smallest absolute Gasteiger partial charge is 0.387 e. The van der Waals surface area contributed by atoms with Gasteiger partial charge in [0, 0.05) is 0 Å². The van der Waals surface area contributed by atoms with Crippen LogP contribution in [0.15, 0.2) is 18.2 Å². The van der Waals surface area contributed by atoms with Crippen LogP contribution in [-0.2, 0) is 12.8 Å². The molecule has 16 heavy (non-hydrogen) atoms. The number of rotatable bonds is 2. The van der Waals surface area contributed by atoms with Gasteiger partial charge < -0.3 is 4.74 Å². The van der Waals surface area contributed by atoms with E-state index in [2.05, 4.69) is 11.7 Å². The molecule has 0 heterocycles. The van der Waals surface area contributed by atoms with Crippen LogP contribution >= 0.6 is 0 Å². The summed E-state index contributed by atoms with van der Waals surface area (Å²) in [6.45, 7) is 3.39. The molecular weight excluding hydrogens is 210 g/mol. The van der Waals surface area contributed by atoms with Gasteiger partial charge in [0.15, 0.2) is 0 Å². The fourth-order valence-electron chi connectivity index (χ4n) is 2.04. The lowest BCUT2D eigenvalue weighted by Gasteiger charge is -2.09. The first kappa shape index (κ1) is 12.9. The van der Waals surface area contributed by atoms with Gasteiger partial charge in [0.1, 0.15) is 5.75 Å². The number of hydrogen-bond donors (Lipinski definition) is 0. The predicted molar refractivity (Wildman–Crippen MR) is 61.0 cm³/mol. The van der Waals surface area contributed by atoms with Crippen LogP contribution in [0.5, 0.6) is 5.75 Å². The van der Waals surface area contributed by atoms with Gasteiger partial charge in [-0.05, 0) is 36.0 Å². The van der Waals surface area contributed by atoms with Crippen LogP contribution < -0.4 is 4.74 Å². The molecule has 0 N–H and O–H groups in total. The molecule has 0 bridgehead atoms. The van der Waals surface area contributed by atoms with Crippen molar-refractivity contribution in [2.75, 3.05) is 0 Å². The van der Waals surface area contributed by atoms with Crippen LogP contribution in [0.4, 0.5) is 8.78 Å². The second-order valence-electron chi connectivity index (χ2n) is 3.79. The zero-order valence-corrected chi connectivity index (χ0v) is 9.97. The third-order valence-corrected chi connectivity index (χ3v) is 2.57. The maximum atomic E-state index is 12.1. The fourth-order valence-corrected chi connectivity index (χ4v) is 2.04. The zero-order valence-electron chi connectivity index (χ0n) is 9.97. The van der Waals surface area contributed by atoms with E-state index in [1.165, 1.54) is 0 Å². The average Bonchev–Trinajstić information content (AvgIpc) is 2.62. The zero-order chi connectivity index (χ0) is 12.1. The largest absolute Gasteiger partial charge is 0.435 e. The van der Waals surface area contributed by atoms with Crippen molar-refractivity contribution in [1.82, 2.24) is 0 Å². The third-order valence-electron chi connectivity index (χ3n) is 2.57. The maximum Gasteiger partial charge on any atom is 0.387 e. The van der Waals surface area contributed by atoms with Crippen molar-refractivity contribution in [1.29, 1.82) is 0 Å². The molecule has 0 radical (unpaired) electrons. The molecule has 1 aliphatic carbocycles. The SMILES string of the molecule is CC.CC1Cc2cccc(OC(F)F)c2C1. The summed E-state index contributed by atoms with van der Waals surface area (Å²) in [5, 5.41) is 0. The Labute approximate surface area is 95.4 Å². The minimum Gasteiger partial charge on any atom is -0.435 e. The van der Waals surface area contributed by atoms with E-state index in [0.29, 0.717) is 11.7 Å². The highest BCUT2D eigenvalue weighted by atomic mass is 19.3. The molecular formula is C13H18F2O. The second kappa shape index (κ2) is 5.83. The van der Waals surface area contributed by atoms with E-state index in [-0.39, 0.29) is 0 Å². The molecule has 0 aromatic heterocycles. The van der Waals surface area contributed by atoms with E-state index < -0.39 is 6.61 Å². The van der Waals surface area contributed by atoms with Gasteiger partial charge in [-0.25, -0.2) is 0 Å². The van der Waals surface area contributed by atoms with Crippen LogP contribution in [0.3, 0.4) is 0 Å². The molecule has 90 valence electrons. The standard InChI is InChI=1S/C11H12F2O.C2H6/c1-7-5-8-3-2-4-10(9(8)6-7)14-11(12)13;1-2/h2-4,7,11H,5-6H2,1H3;1-2H3. The van der Waals surface area contributed by atoms with Crippen LogP contribution in [0.25, 0.3) is 0 Å². The molecule has 0 saturated carbocycles. The van der Waals surface area contributed by atoms with Crippen molar-refractivity contribution < 1.29 is 13.5 Å². The molecule has 3 heteroatoms. The lowest BCUT2D eigenvalue weighted by molar-refractivity contribution is -0.0504. The highest BCUT2D eigenvalue weighted by Gasteiger charge is 2.22. The van der Waals surface area contributed by atoms with Gasteiger partial charge in [0.05, 0.1) is 0 Å². The van der Waals surface area contributed by atoms with E-state index in [4.69, 9.17) is 0 Å². The number of hydrogen-bond acceptors (Lipinski definition) is 1. The van der Waals surface area contributed by atoms with Crippen LogP contribution in [-0.4, -0.2) is 6.61 Å². The summed E-state index contributed by atoms with van der Waals surface area (Å²) < 4.78 is 28.6. The summed E-state index contributed by atoms with van der Waals surface area (Å²) in [6.07, 6.45) is 1.81. The normalized spacial score (nSPS) is 17.8. The average molecular weight is 228 g/mol. The Morgan fingerprint density at radius 3 is 2.56 bits per heavy atom. The van der Waals surface area contributed by atoms with Crippen LogP contribution in [0, 0.1) is 5.92 Å². The summed E-state index contributed by atoms with van der Waals surface area (Å²) in [5.41, 5.74) is 2.11. The van der Waals surface area contributed by atoms with Crippen molar-refractivity contribution in [3.8, 4) is 5.75 Å². The molecule has 0 saturated heterocycles. The summed E-state index contributed by atoms with van der Waals surface area (Å²) in [7, 11) is 0. The number of ether oxygens (including phenoxy) is 1. The highest BCUT2D eigenvalue weighted by molar-refractivity contribution is 5.43. The Kier molecular flexibility index (Phi) is 4.71. The van der Waals surface area contributed by atoms with E-state index in [9.17, 15) is 8.78 Å².